The van der Waals surface area contributed by atoms with Gasteiger partial charge in [0, 0.05) is 30.8 Å². The second kappa shape index (κ2) is 6.45. The smallest absolute Gasteiger partial charge is 0.220 e. The molecule has 2 unspecified atom stereocenters. The molecule has 104 valence electrons. The van der Waals surface area contributed by atoms with Gasteiger partial charge in [-0.15, -0.1) is 0 Å². The van der Waals surface area contributed by atoms with Crippen molar-refractivity contribution in [3.05, 3.63) is 24.3 Å². The lowest BCUT2D eigenvalue weighted by molar-refractivity contribution is -0.119. The number of benzene rings is 1. The number of rotatable bonds is 6. The van der Waals surface area contributed by atoms with Crippen molar-refractivity contribution < 1.29 is 9.53 Å². The molecule has 2 rings (SSSR count). The molecule has 0 saturated carbocycles. The normalized spacial score (nSPS) is 19.9. The zero-order valence-electron chi connectivity index (χ0n) is 11.6. The van der Waals surface area contributed by atoms with Crippen molar-refractivity contribution in [2.75, 3.05) is 11.9 Å². The monoisotopic (exact) mass is 262 g/mol. The maximum absolute atomic E-state index is 11.1. The number of nitrogens with one attached hydrogen (secondary N) is 2. The fourth-order valence-electron chi connectivity index (χ4n) is 2.07. The van der Waals surface area contributed by atoms with Crippen LogP contribution in [0.15, 0.2) is 24.3 Å². The van der Waals surface area contributed by atoms with Crippen molar-refractivity contribution >= 4 is 11.6 Å². The van der Waals surface area contributed by atoms with Crippen molar-refractivity contribution in [1.29, 1.82) is 0 Å². The molecular weight excluding hydrogens is 240 g/mol. The van der Waals surface area contributed by atoms with E-state index in [4.69, 9.17) is 4.74 Å². The predicted octanol–water partition coefficient (Wildman–Crippen LogP) is 2.55. The molecule has 1 aliphatic heterocycles. The average Bonchev–Trinajstić information content (AvgIpc) is 2.82. The first-order valence-corrected chi connectivity index (χ1v) is 6.97. The summed E-state index contributed by atoms with van der Waals surface area (Å²) in [7, 11) is 0. The topological polar surface area (TPSA) is 50.4 Å². The van der Waals surface area contributed by atoms with Gasteiger partial charge in [-0.3, -0.25) is 4.79 Å². The summed E-state index contributed by atoms with van der Waals surface area (Å²) in [6.07, 6.45) is 2.77. The molecule has 0 aliphatic carbocycles. The molecule has 0 radical (unpaired) electrons. The van der Waals surface area contributed by atoms with Crippen LogP contribution in [0.2, 0.25) is 0 Å². The number of carbonyl (C=O) groups is 1. The lowest BCUT2D eigenvalue weighted by Crippen LogP contribution is -2.31. The molecular formula is C15H22N2O2. The van der Waals surface area contributed by atoms with Crippen LogP contribution in [0.25, 0.3) is 0 Å². The number of hydrogen-bond donors (Lipinski definition) is 2. The molecule has 19 heavy (non-hydrogen) atoms. The zero-order chi connectivity index (χ0) is 13.7. The lowest BCUT2D eigenvalue weighted by atomic mass is 10.2. The van der Waals surface area contributed by atoms with E-state index in [1.807, 2.05) is 24.3 Å². The Balaban J connectivity index is 1.86. The number of amides is 1. The summed E-state index contributed by atoms with van der Waals surface area (Å²) in [5, 5.41) is 6.29. The highest BCUT2D eigenvalue weighted by molar-refractivity contribution is 5.78. The molecule has 0 aromatic heterocycles. The first-order chi connectivity index (χ1) is 9.17. The maximum Gasteiger partial charge on any atom is 0.220 e. The average molecular weight is 262 g/mol. The zero-order valence-corrected chi connectivity index (χ0v) is 11.6. The summed E-state index contributed by atoms with van der Waals surface area (Å²) in [5.41, 5.74) is 1.03. The summed E-state index contributed by atoms with van der Waals surface area (Å²) in [6, 6.07) is 8.21. The van der Waals surface area contributed by atoms with E-state index in [9.17, 15) is 4.79 Å². The van der Waals surface area contributed by atoms with E-state index >= 15 is 0 Å². The van der Waals surface area contributed by atoms with Gasteiger partial charge in [-0.05, 0) is 31.9 Å². The third kappa shape index (κ3) is 4.16. The molecule has 1 aromatic rings. The van der Waals surface area contributed by atoms with Gasteiger partial charge in [-0.2, -0.15) is 0 Å². The summed E-state index contributed by atoms with van der Waals surface area (Å²) in [4.78, 5) is 11.1. The van der Waals surface area contributed by atoms with E-state index < -0.39 is 0 Å². The first-order valence-electron chi connectivity index (χ1n) is 6.97. The minimum atomic E-state index is 0.153. The number of anilines is 1. The third-order valence-electron chi connectivity index (χ3n) is 3.38. The first kappa shape index (κ1) is 13.7. The second-order valence-corrected chi connectivity index (χ2v) is 5.05. The largest absolute Gasteiger partial charge is 0.491 e. The van der Waals surface area contributed by atoms with E-state index in [0.29, 0.717) is 6.42 Å². The molecule has 1 heterocycles. The summed E-state index contributed by atoms with van der Waals surface area (Å²) in [5.74, 6) is 1.04. The van der Waals surface area contributed by atoms with Crippen molar-refractivity contribution in [1.82, 2.24) is 5.32 Å². The Kier molecular flexibility index (Phi) is 4.66. The van der Waals surface area contributed by atoms with Gasteiger partial charge >= 0.3 is 0 Å². The van der Waals surface area contributed by atoms with Crippen LogP contribution < -0.4 is 15.4 Å². The Bertz CT molecular complexity index is 434. The second-order valence-electron chi connectivity index (χ2n) is 5.05. The van der Waals surface area contributed by atoms with Crippen molar-refractivity contribution in [2.24, 2.45) is 0 Å². The Morgan fingerprint density at radius 3 is 3.05 bits per heavy atom. The summed E-state index contributed by atoms with van der Waals surface area (Å²) in [6.45, 7) is 4.93. The Labute approximate surface area is 114 Å². The predicted molar refractivity (Wildman–Crippen MR) is 76.5 cm³/mol. The van der Waals surface area contributed by atoms with Crippen LogP contribution in [0.3, 0.4) is 0 Å². The van der Waals surface area contributed by atoms with Crippen molar-refractivity contribution in [3.8, 4) is 5.75 Å². The quantitative estimate of drug-likeness (QED) is 0.828. The van der Waals surface area contributed by atoms with E-state index in [2.05, 4.69) is 24.5 Å². The van der Waals surface area contributed by atoms with E-state index in [1.165, 1.54) is 0 Å². The molecule has 1 aliphatic rings. The number of carbonyl (C=O) groups excluding carboxylic acids is 1. The molecule has 1 fully saturated rings. The Morgan fingerprint density at radius 1 is 1.53 bits per heavy atom. The van der Waals surface area contributed by atoms with Crippen LogP contribution in [0.5, 0.6) is 5.75 Å². The van der Waals surface area contributed by atoms with E-state index in [-0.39, 0.29) is 18.1 Å². The maximum atomic E-state index is 11.1. The Hall–Kier alpha value is -1.71. The molecule has 1 aromatic carbocycles. The van der Waals surface area contributed by atoms with Crippen LogP contribution in [0.4, 0.5) is 5.69 Å². The SMILES string of the molecule is CCC(C)Oc1cccc(NCC2CCC(=O)N2)c1. The molecule has 4 heteroatoms. The molecule has 0 spiro atoms. The molecule has 1 saturated heterocycles. The third-order valence-corrected chi connectivity index (χ3v) is 3.38. The van der Waals surface area contributed by atoms with Gasteiger partial charge < -0.3 is 15.4 Å². The van der Waals surface area contributed by atoms with Crippen molar-refractivity contribution in [3.63, 3.8) is 0 Å². The van der Waals surface area contributed by atoms with Crippen LogP contribution in [-0.4, -0.2) is 24.6 Å². The molecule has 0 bridgehead atoms. The summed E-state index contributed by atoms with van der Waals surface area (Å²) >= 11 is 0. The van der Waals surface area contributed by atoms with Gasteiger partial charge in [0.15, 0.2) is 0 Å². The van der Waals surface area contributed by atoms with Gasteiger partial charge in [0.05, 0.1) is 6.10 Å². The standard InChI is InChI=1S/C15H22N2O2/c1-3-11(2)19-14-6-4-5-12(9-14)16-10-13-7-8-15(18)17-13/h4-6,9,11,13,16H,3,7-8,10H2,1-2H3,(H,17,18). The van der Waals surface area contributed by atoms with Crippen molar-refractivity contribution in [2.45, 2.75) is 45.3 Å². The van der Waals surface area contributed by atoms with Crippen LogP contribution in [-0.2, 0) is 4.79 Å². The van der Waals surface area contributed by atoms with Gasteiger partial charge in [0.25, 0.3) is 0 Å². The summed E-state index contributed by atoms with van der Waals surface area (Å²) < 4.78 is 5.78. The van der Waals surface area contributed by atoms with Gasteiger partial charge in [0.1, 0.15) is 5.75 Å². The minimum Gasteiger partial charge on any atom is -0.491 e. The molecule has 2 N–H and O–H groups in total. The van der Waals surface area contributed by atoms with E-state index in [0.717, 1.165) is 30.8 Å². The Morgan fingerprint density at radius 2 is 2.37 bits per heavy atom. The van der Waals surface area contributed by atoms with Crippen LogP contribution >= 0.6 is 0 Å². The number of hydrogen-bond acceptors (Lipinski definition) is 3. The van der Waals surface area contributed by atoms with Crippen LogP contribution in [0, 0.1) is 0 Å². The van der Waals surface area contributed by atoms with Gasteiger partial charge in [0.2, 0.25) is 5.91 Å². The van der Waals surface area contributed by atoms with Gasteiger partial charge in [-0.25, -0.2) is 0 Å². The lowest BCUT2D eigenvalue weighted by Gasteiger charge is -2.15. The highest BCUT2D eigenvalue weighted by Gasteiger charge is 2.19. The highest BCUT2D eigenvalue weighted by Crippen LogP contribution is 2.19. The molecule has 1 amide bonds. The highest BCUT2D eigenvalue weighted by atomic mass is 16.5. The minimum absolute atomic E-state index is 0.153. The van der Waals surface area contributed by atoms with Crippen LogP contribution in [0.1, 0.15) is 33.1 Å². The number of ether oxygens (including phenoxy) is 1. The molecule has 4 nitrogen and oxygen atoms in total. The fourth-order valence-corrected chi connectivity index (χ4v) is 2.07. The van der Waals surface area contributed by atoms with Gasteiger partial charge in [-0.1, -0.05) is 13.0 Å². The fraction of sp³-hybridized carbons (Fsp3) is 0.533. The molecule has 2 atom stereocenters. The van der Waals surface area contributed by atoms with E-state index in [1.54, 1.807) is 0 Å².